The van der Waals surface area contributed by atoms with Crippen LogP contribution in [0.4, 0.5) is 0 Å². The van der Waals surface area contributed by atoms with Crippen molar-refractivity contribution in [2.24, 2.45) is 5.41 Å². The first-order chi connectivity index (χ1) is 5.56. The van der Waals surface area contributed by atoms with Gasteiger partial charge in [0.1, 0.15) is 0 Å². The van der Waals surface area contributed by atoms with E-state index in [0.717, 1.165) is 0 Å². The van der Waals surface area contributed by atoms with E-state index < -0.39 is 0 Å². The quantitative estimate of drug-likeness (QED) is 0.417. The fraction of sp³-hybridized carbons (Fsp3) is 0.833. The molecule has 72 valence electrons. The van der Waals surface area contributed by atoms with Crippen LogP contribution in [0.3, 0.4) is 0 Å². The summed E-state index contributed by atoms with van der Waals surface area (Å²) in [6, 6.07) is 0. The molecule has 0 saturated heterocycles. The van der Waals surface area contributed by atoms with E-state index in [0.29, 0.717) is 5.41 Å². The number of rotatable bonds is 5. The topological polar surface area (TPSA) is 0 Å². The molecule has 0 aromatic carbocycles. The number of unbranched alkanes of at least 4 members (excludes halogenated alkanes) is 2. The summed E-state index contributed by atoms with van der Waals surface area (Å²) in [6.45, 7) is 9.13. The van der Waals surface area contributed by atoms with Crippen molar-refractivity contribution in [1.29, 1.82) is 0 Å². The van der Waals surface area contributed by atoms with Gasteiger partial charge in [-0.1, -0.05) is 46.3 Å². The third-order valence-electron chi connectivity index (χ3n) is 1.95. The molecule has 12 heavy (non-hydrogen) atoms. The van der Waals surface area contributed by atoms with Crippen LogP contribution < -0.4 is 0 Å². The van der Waals surface area contributed by atoms with Gasteiger partial charge in [-0.3, -0.25) is 0 Å². The summed E-state index contributed by atoms with van der Waals surface area (Å²) in [6.07, 6.45) is 11.1. The minimum Gasteiger partial charge on any atom is -0.0888 e. The number of allylic oxidation sites excluding steroid dienone is 2. The number of hydrogen-bond acceptors (Lipinski definition) is 0. The maximum Gasteiger partial charge on any atom is -0.0351 e. The SMILES string of the molecule is CCC=CCCCCC(C)(C)C. The van der Waals surface area contributed by atoms with Gasteiger partial charge in [0.15, 0.2) is 0 Å². The second-order valence-corrected chi connectivity index (χ2v) is 4.69. The Bertz CT molecular complexity index is 114. The zero-order chi connectivity index (χ0) is 9.45. The lowest BCUT2D eigenvalue weighted by Gasteiger charge is -2.16. The largest absolute Gasteiger partial charge is 0.0888 e. The van der Waals surface area contributed by atoms with E-state index in [1.54, 1.807) is 0 Å². The second-order valence-electron chi connectivity index (χ2n) is 4.69. The Hall–Kier alpha value is -0.260. The van der Waals surface area contributed by atoms with Crippen LogP contribution in [-0.4, -0.2) is 0 Å². The van der Waals surface area contributed by atoms with Gasteiger partial charge in [-0.15, -0.1) is 0 Å². The van der Waals surface area contributed by atoms with E-state index in [4.69, 9.17) is 0 Å². The highest BCUT2D eigenvalue weighted by Crippen LogP contribution is 2.21. The molecule has 0 fully saturated rings. The van der Waals surface area contributed by atoms with Gasteiger partial charge in [-0.05, 0) is 31.1 Å². The van der Waals surface area contributed by atoms with E-state index in [1.807, 2.05) is 0 Å². The van der Waals surface area contributed by atoms with Crippen LogP contribution >= 0.6 is 0 Å². The molecule has 0 heterocycles. The fourth-order valence-corrected chi connectivity index (χ4v) is 1.20. The van der Waals surface area contributed by atoms with E-state index in [-0.39, 0.29) is 0 Å². The third-order valence-corrected chi connectivity index (χ3v) is 1.95. The first kappa shape index (κ1) is 11.7. The lowest BCUT2D eigenvalue weighted by atomic mass is 9.89. The smallest absolute Gasteiger partial charge is 0.0351 e. The summed E-state index contributed by atoms with van der Waals surface area (Å²) in [5.74, 6) is 0. The molecule has 0 spiro atoms. The highest BCUT2D eigenvalue weighted by molar-refractivity contribution is 4.79. The molecule has 0 atom stereocenters. The van der Waals surface area contributed by atoms with Crippen molar-refractivity contribution in [3.63, 3.8) is 0 Å². The van der Waals surface area contributed by atoms with Gasteiger partial charge in [0.2, 0.25) is 0 Å². The highest BCUT2D eigenvalue weighted by atomic mass is 14.1. The van der Waals surface area contributed by atoms with Gasteiger partial charge in [0.05, 0.1) is 0 Å². The zero-order valence-corrected chi connectivity index (χ0v) is 9.19. The summed E-state index contributed by atoms with van der Waals surface area (Å²) >= 11 is 0. The van der Waals surface area contributed by atoms with Crippen LogP contribution in [0.15, 0.2) is 12.2 Å². The van der Waals surface area contributed by atoms with Gasteiger partial charge >= 0.3 is 0 Å². The van der Waals surface area contributed by atoms with E-state index >= 15 is 0 Å². The first-order valence-electron chi connectivity index (χ1n) is 5.21. The molecule has 0 bridgehead atoms. The predicted octanol–water partition coefficient (Wildman–Crippen LogP) is 4.56. The van der Waals surface area contributed by atoms with Gasteiger partial charge in [0.25, 0.3) is 0 Å². The molecule has 0 rings (SSSR count). The second kappa shape index (κ2) is 6.28. The molecule has 0 N–H and O–H groups in total. The van der Waals surface area contributed by atoms with Crippen molar-refractivity contribution < 1.29 is 0 Å². The molecular weight excluding hydrogens is 144 g/mol. The Kier molecular flexibility index (Phi) is 6.14. The van der Waals surface area contributed by atoms with Gasteiger partial charge < -0.3 is 0 Å². The van der Waals surface area contributed by atoms with Crippen molar-refractivity contribution in [1.82, 2.24) is 0 Å². The van der Waals surface area contributed by atoms with Crippen LogP contribution in [-0.2, 0) is 0 Å². The molecule has 0 aliphatic heterocycles. The van der Waals surface area contributed by atoms with Crippen LogP contribution in [0.1, 0.15) is 59.8 Å². The van der Waals surface area contributed by atoms with E-state index in [1.165, 1.54) is 32.1 Å². The molecule has 0 aromatic heterocycles. The predicted molar refractivity (Wildman–Crippen MR) is 57.4 cm³/mol. The molecule has 0 unspecified atom stereocenters. The Balaban J connectivity index is 3.17. The maximum absolute atomic E-state index is 2.31. The first-order valence-corrected chi connectivity index (χ1v) is 5.21. The summed E-state index contributed by atoms with van der Waals surface area (Å²) in [5, 5.41) is 0. The van der Waals surface area contributed by atoms with E-state index in [2.05, 4.69) is 39.8 Å². The molecule has 0 radical (unpaired) electrons. The Labute approximate surface area is 78.1 Å². The molecule has 0 aromatic rings. The van der Waals surface area contributed by atoms with Gasteiger partial charge in [-0.2, -0.15) is 0 Å². The summed E-state index contributed by atoms with van der Waals surface area (Å²) in [4.78, 5) is 0. The van der Waals surface area contributed by atoms with Gasteiger partial charge in [-0.25, -0.2) is 0 Å². The van der Waals surface area contributed by atoms with Crippen LogP contribution in [0.5, 0.6) is 0 Å². The lowest BCUT2D eigenvalue weighted by molar-refractivity contribution is 0.361. The average molecular weight is 168 g/mol. The summed E-state index contributed by atoms with van der Waals surface area (Å²) in [7, 11) is 0. The van der Waals surface area contributed by atoms with Crippen LogP contribution in [0.2, 0.25) is 0 Å². The van der Waals surface area contributed by atoms with Crippen LogP contribution in [0.25, 0.3) is 0 Å². The number of hydrogen-bond donors (Lipinski definition) is 0. The lowest BCUT2D eigenvalue weighted by Crippen LogP contribution is -2.03. The van der Waals surface area contributed by atoms with Crippen molar-refractivity contribution >= 4 is 0 Å². The molecule has 0 aliphatic rings. The monoisotopic (exact) mass is 168 g/mol. The zero-order valence-electron chi connectivity index (χ0n) is 9.19. The van der Waals surface area contributed by atoms with Crippen molar-refractivity contribution in [3.8, 4) is 0 Å². The third kappa shape index (κ3) is 9.74. The fourth-order valence-electron chi connectivity index (χ4n) is 1.20. The normalized spacial score (nSPS) is 12.7. The van der Waals surface area contributed by atoms with Crippen molar-refractivity contribution in [2.45, 2.75) is 59.8 Å². The Morgan fingerprint density at radius 2 is 1.67 bits per heavy atom. The summed E-state index contributed by atoms with van der Waals surface area (Å²) in [5.41, 5.74) is 0.522. The van der Waals surface area contributed by atoms with Crippen LogP contribution in [0, 0.1) is 5.41 Å². The molecule has 0 aliphatic carbocycles. The Morgan fingerprint density at radius 1 is 1.00 bits per heavy atom. The standard InChI is InChI=1S/C12H24/c1-5-6-7-8-9-10-11-12(2,3)4/h6-7H,5,8-11H2,1-4H3. The molecule has 0 saturated carbocycles. The maximum atomic E-state index is 2.31. The average Bonchev–Trinajstić information content (AvgIpc) is 1.94. The molecule has 0 nitrogen and oxygen atoms in total. The Morgan fingerprint density at radius 3 is 2.17 bits per heavy atom. The summed E-state index contributed by atoms with van der Waals surface area (Å²) < 4.78 is 0. The highest BCUT2D eigenvalue weighted by Gasteiger charge is 2.07. The molecule has 0 amide bonds. The minimum atomic E-state index is 0.522. The van der Waals surface area contributed by atoms with Crippen molar-refractivity contribution in [3.05, 3.63) is 12.2 Å². The molecular formula is C12H24. The van der Waals surface area contributed by atoms with Crippen molar-refractivity contribution in [2.75, 3.05) is 0 Å². The minimum absolute atomic E-state index is 0.522. The molecule has 0 heteroatoms. The van der Waals surface area contributed by atoms with E-state index in [9.17, 15) is 0 Å². The van der Waals surface area contributed by atoms with Gasteiger partial charge in [0, 0.05) is 0 Å².